The lowest BCUT2D eigenvalue weighted by molar-refractivity contribution is 0.0977. The van der Waals surface area contributed by atoms with Crippen molar-refractivity contribution in [2.24, 2.45) is 5.14 Å². The maximum atomic E-state index is 12.5. The fourth-order valence-corrected chi connectivity index (χ4v) is 6.03. The first-order chi connectivity index (χ1) is 15.1. The molecule has 0 bridgehead atoms. The molecule has 10 heteroatoms. The number of hydrogen-bond acceptors (Lipinski definition) is 7. The van der Waals surface area contributed by atoms with Crippen LogP contribution in [0.1, 0.15) is 29.6 Å². The van der Waals surface area contributed by atoms with E-state index in [2.05, 4.69) is 21.9 Å². The van der Waals surface area contributed by atoms with Gasteiger partial charge >= 0.3 is 0 Å². The second-order valence-corrected chi connectivity index (χ2v) is 11.5. The van der Waals surface area contributed by atoms with Crippen LogP contribution in [0.5, 0.6) is 0 Å². The third-order valence-corrected chi connectivity index (χ3v) is 7.83. The van der Waals surface area contributed by atoms with Crippen molar-refractivity contribution < 1.29 is 21.6 Å². The average molecular weight is 480 g/mol. The molecule has 2 aromatic carbocycles. The monoisotopic (exact) mass is 479 g/mol. The Kier molecular flexibility index (Phi) is 7.71. The SMILES string of the molecule is CS(=O)(=O)c1ccc(C(=O)CCCCN2CCN(c3ccccc3)CC2)cc1S(N)(=O)=O. The first-order valence-electron chi connectivity index (χ1n) is 10.5. The predicted molar refractivity (Wildman–Crippen MR) is 124 cm³/mol. The molecule has 3 rings (SSSR count). The number of primary sulfonamides is 1. The summed E-state index contributed by atoms with van der Waals surface area (Å²) >= 11 is 0. The molecule has 0 amide bonds. The number of nitrogens with zero attached hydrogens (tertiary/aromatic N) is 2. The summed E-state index contributed by atoms with van der Waals surface area (Å²) in [5, 5.41) is 5.16. The second-order valence-electron chi connectivity index (χ2n) is 8.02. The zero-order chi connectivity index (χ0) is 23.4. The summed E-state index contributed by atoms with van der Waals surface area (Å²) in [5.41, 5.74) is 1.39. The molecule has 1 aliphatic heterocycles. The molecule has 1 heterocycles. The molecule has 0 unspecified atom stereocenters. The Hall–Kier alpha value is -2.27. The van der Waals surface area contributed by atoms with E-state index >= 15 is 0 Å². The molecular weight excluding hydrogens is 450 g/mol. The fraction of sp³-hybridized carbons (Fsp3) is 0.409. The van der Waals surface area contributed by atoms with Gasteiger partial charge in [-0.25, -0.2) is 22.0 Å². The number of sulfonamides is 1. The van der Waals surface area contributed by atoms with Gasteiger partial charge in [0, 0.05) is 50.1 Å². The van der Waals surface area contributed by atoms with Crippen LogP contribution in [0.2, 0.25) is 0 Å². The zero-order valence-corrected chi connectivity index (χ0v) is 19.7. The molecule has 1 aliphatic rings. The van der Waals surface area contributed by atoms with Crippen LogP contribution < -0.4 is 10.0 Å². The number of Topliss-reactive ketones (excluding diaryl/α,β-unsaturated/α-hetero) is 1. The lowest BCUT2D eigenvalue weighted by Gasteiger charge is -2.36. The number of anilines is 1. The lowest BCUT2D eigenvalue weighted by atomic mass is 10.1. The minimum absolute atomic E-state index is 0.151. The molecule has 0 spiro atoms. The number of sulfone groups is 1. The van der Waals surface area contributed by atoms with E-state index in [9.17, 15) is 21.6 Å². The van der Waals surface area contributed by atoms with E-state index in [4.69, 9.17) is 5.14 Å². The molecule has 1 fully saturated rings. The molecule has 174 valence electrons. The number of rotatable bonds is 9. The predicted octanol–water partition coefficient (Wildman–Crippen LogP) is 1.91. The van der Waals surface area contributed by atoms with E-state index in [-0.39, 0.29) is 17.8 Å². The Balaban J connectivity index is 1.49. The van der Waals surface area contributed by atoms with Crippen molar-refractivity contribution in [3.05, 3.63) is 54.1 Å². The zero-order valence-electron chi connectivity index (χ0n) is 18.1. The van der Waals surface area contributed by atoms with E-state index in [0.717, 1.165) is 57.5 Å². The highest BCUT2D eigenvalue weighted by Gasteiger charge is 2.23. The summed E-state index contributed by atoms with van der Waals surface area (Å²) in [6, 6.07) is 13.9. The number of para-hydroxylation sites is 1. The summed E-state index contributed by atoms with van der Waals surface area (Å²) in [4.78, 5) is 16.3. The van der Waals surface area contributed by atoms with Gasteiger partial charge in [0.05, 0.1) is 4.90 Å². The normalized spacial score (nSPS) is 15.6. The van der Waals surface area contributed by atoms with Crippen LogP contribution >= 0.6 is 0 Å². The molecular formula is C22H29N3O5S2. The van der Waals surface area contributed by atoms with Crippen molar-refractivity contribution in [3.63, 3.8) is 0 Å². The molecule has 8 nitrogen and oxygen atoms in total. The quantitative estimate of drug-likeness (QED) is 0.431. The molecule has 0 aliphatic carbocycles. The highest BCUT2D eigenvalue weighted by Crippen LogP contribution is 2.23. The Morgan fingerprint density at radius 3 is 2.16 bits per heavy atom. The van der Waals surface area contributed by atoms with Gasteiger partial charge in [0.1, 0.15) is 4.90 Å². The second kappa shape index (κ2) is 10.1. The molecule has 32 heavy (non-hydrogen) atoms. The Morgan fingerprint density at radius 2 is 1.56 bits per heavy atom. The first-order valence-corrected chi connectivity index (χ1v) is 13.9. The van der Waals surface area contributed by atoms with Gasteiger partial charge in [-0.15, -0.1) is 0 Å². The highest BCUT2D eigenvalue weighted by atomic mass is 32.2. The van der Waals surface area contributed by atoms with Gasteiger partial charge in [-0.2, -0.15) is 0 Å². The van der Waals surface area contributed by atoms with Gasteiger partial charge in [0.25, 0.3) is 0 Å². The van der Waals surface area contributed by atoms with Crippen LogP contribution in [0, 0.1) is 0 Å². The fourth-order valence-electron chi connectivity index (χ4n) is 3.84. The van der Waals surface area contributed by atoms with Crippen molar-refractivity contribution in [2.75, 3.05) is 43.9 Å². The van der Waals surface area contributed by atoms with Crippen LogP contribution in [0.4, 0.5) is 5.69 Å². The number of piperazine rings is 1. The minimum atomic E-state index is -4.28. The van der Waals surface area contributed by atoms with Gasteiger partial charge in [0.2, 0.25) is 10.0 Å². The molecule has 0 saturated carbocycles. The van der Waals surface area contributed by atoms with Crippen LogP contribution in [0.15, 0.2) is 58.3 Å². The van der Waals surface area contributed by atoms with Gasteiger partial charge < -0.3 is 4.90 Å². The Bertz CT molecular complexity index is 1160. The summed E-state index contributed by atoms with van der Waals surface area (Å²) in [6.45, 7) is 4.75. The number of ketones is 1. The van der Waals surface area contributed by atoms with Crippen molar-refractivity contribution in [3.8, 4) is 0 Å². The van der Waals surface area contributed by atoms with Crippen molar-refractivity contribution in [2.45, 2.75) is 29.1 Å². The number of unbranched alkanes of at least 4 members (excludes halogenated alkanes) is 1. The first kappa shape index (κ1) is 24.4. The number of carbonyl (C=O) groups excluding carboxylic acids is 1. The van der Waals surface area contributed by atoms with Gasteiger partial charge in [0.15, 0.2) is 15.6 Å². The van der Waals surface area contributed by atoms with E-state index < -0.39 is 29.7 Å². The Morgan fingerprint density at radius 1 is 0.906 bits per heavy atom. The van der Waals surface area contributed by atoms with Crippen LogP contribution in [-0.2, 0) is 19.9 Å². The summed E-state index contributed by atoms with van der Waals surface area (Å²) in [6.07, 6.45) is 2.67. The smallest absolute Gasteiger partial charge is 0.239 e. The Labute approximate surface area is 190 Å². The maximum Gasteiger partial charge on any atom is 0.239 e. The molecule has 2 aromatic rings. The highest BCUT2D eigenvalue weighted by molar-refractivity contribution is 7.93. The standard InChI is InChI=1S/C22H29N3O5S2/c1-31(27,28)21-11-10-18(17-22(21)32(23,29)30)20(26)9-5-6-12-24-13-15-25(16-14-24)19-7-3-2-4-8-19/h2-4,7-8,10-11,17H,5-6,9,12-16H2,1H3,(H2,23,29,30). The van der Waals surface area contributed by atoms with E-state index in [1.807, 2.05) is 18.2 Å². The van der Waals surface area contributed by atoms with Gasteiger partial charge in [-0.05, 0) is 43.7 Å². The number of benzene rings is 2. The van der Waals surface area contributed by atoms with Crippen LogP contribution in [0.3, 0.4) is 0 Å². The lowest BCUT2D eigenvalue weighted by Crippen LogP contribution is -2.46. The number of nitrogens with two attached hydrogens (primary N) is 1. The molecule has 0 atom stereocenters. The van der Waals surface area contributed by atoms with Crippen molar-refractivity contribution in [1.29, 1.82) is 0 Å². The van der Waals surface area contributed by atoms with E-state index in [1.54, 1.807) is 0 Å². The summed E-state index contributed by atoms with van der Waals surface area (Å²) in [5.74, 6) is -0.233. The molecule has 2 N–H and O–H groups in total. The maximum absolute atomic E-state index is 12.5. The largest absolute Gasteiger partial charge is 0.369 e. The van der Waals surface area contributed by atoms with E-state index in [0.29, 0.717) is 6.42 Å². The third kappa shape index (κ3) is 6.38. The minimum Gasteiger partial charge on any atom is -0.369 e. The van der Waals surface area contributed by atoms with Crippen molar-refractivity contribution in [1.82, 2.24) is 4.90 Å². The number of hydrogen-bond donors (Lipinski definition) is 1. The molecule has 0 radical (unpaired) electrons. The number of carbonyl (C=O) groups is 1. The van der Waals surface area contributed by atoms with Gasteiger partial charge in [-0.3, -0.25) is 9.69 Å². The molecule has 0 aromatic heterocycles. The van der Waals surface area contributed by atoms with Crippen molar-refractivity contribution >= 4 is 31.3 Å². The van der Waals surface area contributed by atoms with Gasteiger partial charge in [-0.1, -0.05) is 24.3 Å². The molecule has 1 saturated heterocycles. The van der Waals surface area contributed by atoms with Crippen LogP contribution in [-0.4, -0.2) is 66.5 Å². The van der Waals surface area contributed by atoms with Crippen LogP contribution in [0.25, 0.3) is 0 Å². The summed E-state index contributed by atoms with van der Waals surface area (Å²) < 4.78 is 47.3. The summed E-state index contributed by atoms with van der Waals surface area (Å²) in [7, 11) is -8.07. The van der Waals surface area contributed by atoms with E-state index in [1.165, 1.54) is 11.8 Å². The average Bonchev–Trinajstić information content (AvgIpc) is 2.76. The third-order valence-electron chi connectivity index (χ3n) is 5.59. The topological polar surface area (TPSA) is 118 Å².